The fourth-order valence-electron chi connectivity index (χ4n) is 11.3. The van der Waals surface area contributed by atoms with E-state index in [1.807, 2.05) is 41.5 Å². The highest BCUT2D eigenvalue weighted by molar-refractivity contribution is 7.99. The number of hydrogen-bond donors (Lipinski definition) is 7. The fraction of sp³-hybridized carbons (Fsp3) is 0.800. The summed E-state index contributed by atoms with van der Waals surface area (Å²) in [5, 5.41) is 34.5. The average molecular weight is 1310 g/mol. The van der Waals surface area contributed by atoms with Crippen LogP contribution in [0.15, 0.2) is 12.2 Å². The largest absolute Gasteiger partial charge is 0.390 e. The van der Waals surface area contributed by atoms with Gasteiger partial charge in [0.2, 0.25) is 65.0 Å². The van der Waals surface area contributed by atoms with Gasteiger partial charge in [-0.3, -0.25) is 52.7 Å². The molecule has 0 spiro atoms. The lowest BCUT2D eigenvalue weighted by Gasteiger charge is -2.41. The van der Waals surface area contributed by atoms with Crippen molar-refractivity contribution in [2.45, 2.75) is 234 Å². The van der Waals surface area contributed by atoms with Crippen molar-refractivity contribution in [3.63, 3.8) is 0 Å². The maximum atomic E-state index is 15.3. The summed E-state index contributed by atoms with van der Waals surface area (Å²) in [6, 6.07) is -14.5. The van der Waals surface area contributed by atoms with E-state index in [4.69, 9.17) is 5.73 Å². The molecule has 0 aromatic rings. The van der Waals surface area contributed by atoms with Gasteiger partial charge >= 0.3 is 0 Å². The molecule has 1 fully saturated rings. The second-order valence-corrected chi connectivity index (χ2v) is 28.7. The maximum Gasteiger partial charge on any atom is 0.246 e. The molecule has 0 aromatic carbocycles. The Morgan fingerprint density at radius 2 is 0.945 bits per heavy atom. The van der Waals surface area contributed by atoms with Crippen molar-refractivity contribution in [2.75, 3.05) is 67.4 Å². The van der Waals surface area contributed by atoms with Crippen LogP contribution < -0.4 is 27.0 Å². The summed E-state index contributed by atoms with van der Waals surface area (Å²) in [6.07, 6.45) is 2.30. The summed E-state index contributed by atoms with van der Waals surface area (Å²) >= 11 is 1.25. The highest BCUT2D eigenvalue weighted by Crippen LogP contribution is 2.27. The van der Waals surface area contributed by atoms with Gasteiger partial charge in [0.05, 0.1) is 11.7 Å². The van der Waals surface area contributed by atoms with Crippen molar-refractivity contribution in [1.29, 1.82) is 0 Å². The van der Waals surface area contributed by atoms with Crippen LogP contribution >= 0.6 is 11.8 Å². The van der Waals surface area contributed by atoms with Crippen molar-refractivity contribution in [3.8, 4) is 0 Å². The maximum absolute atomic E-state index is 15.3. The minimum Gasteiger partial charge on any atom is -0.390 e. The molecule has 1 aliphatic heterocycles. The third-order valence-corrected chi connectivity index (χ3v) is 18.0. The Morgan fingerprint density at radius 1 is 0.516 bits per heavy atom. The van der Waals surface area contributed by atoms with Crippen LogP contribution in [-0.2, 0) is 52.7 Å². The van der Waals surface area contributed by atoms with E-state index in [0.717, 1.165) is 14.7 Å². The Hall–Kier alpha value is -5.86. The lowest BCUT2D eigenvalue weighted by atomic mass is 9.91. The van der Waals surface area contributed by atoms with Gasteiger partial charge in [-0.2, -0.15) is 11.8 Å². The van der Waals surface area contributed by atoms with Crippen LogP contribution in [0.4, 0.5) is 0 Å². The van der Waals surface area contributed by atoms with Gasteiger partial charge in [-0.15, -0.1) is 0 Å². The standard InChI is InChI=1S/C65H118N12O13S/c1-25-27-28-41(13)53(78)52-57(82)69-44(26-2)59(84)75(22)49(35-91-30-29-66)62(87)74(21)48(34-65(16,17)90)56(81)70-50(39(9)10)63(88)71(18)45(31-36(3)4)55(80)67-42(14)54(79)68-43(15)58(83)72(19)46(32-37(5)6)60(85)73(20)47(33-38(7)8)61(86)76(23)51(40(11)12)64(89)77(52)24/h25,27,36-53,78,90H,26,28-35,66H2,1-24H3,(H,67,80)(H,68,79)(H,69,82)(H,70,81)/t41-,42+,43-,44+,45+,46+,47+,48+,49-,50+,51+,52+,53-/m1/s1. The van der Waals surface area contributed by atoms with Crippen LogP contribution in [-0.4, -0.2) is 255 Å². The number of thioether (sulfide) groups is 1. The van der Waals surface area contributed by atoms with Crippen LogP contribution in [0, 0.1) is 35.5 Å². The summed E-state index contributed by atoms with van der Waals surface area (Å²) in [7, 11) is 9.76. The number of nitrogens with zero attached hydrogens (tertiary/aromatic N) is 7. The molecular formula is C65H118N12O13S. The number of carbonyl (C=O) groups is 11. The minimum atomic E-state index is -1.66. The van der Waals surface area contributed by atoms with Crippen LogP contribution in [0.3, 0.4) is 0 Å². The number of nitrogens with two attached hydrogens (primary N) is 1. The average Bonchev–Trinajstić information content (AvgIpc) is 0.830. The monoisotopic (exact) mass is 1310 g/mol. The molecule has 13 atom stereocenters. The molecule has 1 aliphatic rings. The Balaban J connectivity index is 4.53. The van der Waals surface area contributed by atoms with Gasteiger partial charge in [-0.05, 0) is 102 Å². The van der Waals surface area contributed by atoms with Crippen molar-refractivity contribution >= 4 is 76.7 Å². The molecule has 1 heterocycles. The third kappa shape index (κ3) is 23.9. The van der Waals surface area contributed by atoms with Crippen molar-refractivity contribution in [3.05, 3.63) is 12.2 Å². The zero-order valence-corrected chi connectivity index (χ0v) is 60.2. The number of hydrogen-bond acceptors (Lipinski definition) is 15. The number of aliphatic hydroxyl groups excluding tert-OH is 1. The second kappa shape index (κ2) is 37.7. The normalized spacial score (nSPS) is 26.9. The number of allylic oxidation sites excluding steroid dienone is 2. The van der Waals surface area contributed by atoms with Crippen molar-refractivity contribution < 1.29 is 63.0 Å². The molecule has 0 bridgehead atoms. The highest BCUT2D eigenvalue weighted by atomic mass is 32.2. The molecule has 522 valence electrons. The van der Waals surface area contributed by atoms with Gasteiger partial charge < -0.3 is 71.5 Å². The molecular weight excluding hydrogens is 1190 g/mol. The predicted octanol–water partition coefficient (Wildman–Crippen LogP) is 2.44. The van der Waals surface area contributed by atoms with Crippen LogP contribution in [0.5, 0.6) is 0 Å². The Bertz CT molecular complexity index is 2490. The fourth-order valence-corrected chi connectivity index (χ4v) is 12.2. The summed E-state index contributed by atoms with van der Waals surface area (Å²) in [5.74, 6) is -10.1. The topological polar surface area (TPSA) is 325 Å². The number of rotatable bonds is 19. The first-order chi connectivity index (χ1) is 42.0. The first-order valence-corrected chi connectivity index (χ1v) is 33.5. The Kier molecular flexibility index (Phi) is 34.5. The smallest absolute Gasteiger partial charge is 0.246 e. The predicted molar refractivity (Wildman–Crippen MR) is 355 cm³/mol. The molecule has 0 saturated carbocycles. The van der Waals surface area contributed by atoms with E-state index in [9.17, 15) is 39.0 Å². The Labute approximate surface area is 548 Å². The van der Waals surface area contributed by atoms with E-state index in [2.05, 4.69) is 21.3 Å². The molecule has 26 heteroatoms. The molecule has 91 heavy (non-hydrogen) atoms. The lowest BCUT2D eigenvalue weighted by Crippen LogP contribution is -2.64. The molecule has 0 aromatic heterocycles. The lowest BCUT2D eigenvalue weighted by molar-refractivity contribution is -0.157. The summed E-state index contributed by atoms with van der Waals surface area (Å²) < 4.78 is 0. The van der Waals surface area contributed by atoms with Gasteiger partial charge in [0.25, 0.3) is 0 Å². The zero-order chi connectivity index (χ0) is 70.6. The van der Waals surface area contributed by atoms with Gasteiger partial charge in [-0.1, -0.05) is 95.2 Å². The molecule has 1 rings (SSSR count). The molecule has 0 unspecified atom stereocenters. The van der Waals surface area contributed by atoms with Crippen molar-refractivity contribution in [2.24, 2.45) is 41.2 Å². The van der Waals surface area contributed by atoms with E-state index in [0.29, 0.717) is 5.75 Å². The van der Waals surface area contributed by atoms with Gasteiger partial charge in [0.1, 0.15) is 66.5 Å². The van der Waals surface area contributed by atoms with Crippen molar-refractivity contribution in [1.82, 2.24) is 55.6 Å². The first kappa shape index (κ1) is 83.2. The van der Waals surface area contributed by atoms with Crippen LogP contribution in [0.25, 0.3) is 0 Å². The molecule has 0 radical (unpaired) electrons. The number of aliphatic hydroxyl groups is 2. The quantitative estimate of drug-likeness (QED) is 0.0722. The second-order valence-electron chi connectivity index (χ2n) is 27.6. The summed E-state index contributed by atoms with van der Waals surface area (Å²) in [6.45, 7) is 29.0. The molecule has 11 amide bonds. The summed E-state index contributed by atoms with van der Waals surface area (Å²) in [5.41, 5.74) is 4.31. The van der Waals surface area contributed by atoms with E-state index in [-0.39, 0.29) is 68.6 Å². The van der Waals surface area contributed by atoms with Gasteiger partial charge in [-0.25, -0.2) is 0 Å². The van der Waals surface area contributed by atoms with Gasteiger partial charge in [0, 0.05) is 73.8 Å². The van der Waals surface area contributed by atoms with Gasteiger partial charge in [0.15, 0.2) is 0 Å². The van der Waals surface area contributed by atoms with Crippen LogP contribution in [0.2, 0.25) is 0 Å². The number of carbonyl (C=O) groups excluding carboxylic acids is 11. The van der Waals surface area contributed by atoms with E-state index in [1.165, 1.54) is 108 Å². The van der Waals surface area contributed by atoms with E-state index < -0.39 is 161 Å². The number of amides is 11. The molecule has 1 saturated heterocycles. The Morgan fingerprint density at radius 3 is 1.41 bits per heavy atom. The SMILES string of the molecule is CC=CC[C@@H](C)[C@@H](O)[C@H]1C(=O)N[C@@H](CC)C(=O)N(C)[C@H](CSCCN)C(=O)N(C)[C@@H](CC(C)(C)O)C(=O)N[C@@H](C(C)C)C(=O)N(C)[C@@H](CC(C)C)C(=O)N[C@@H](C)C(=O)N[C@H](C)C(=O)N(C)[C@@H](CC(C)C)C(=O)N(C)[C@@H](CC(C)C)C(=O)N(C)[C@@H](C(C)C)C(=O)N1C. The molecule has 25 nitrogen and oxygen atoms in total. The van der Waals surface area contributed by atoms with E-state index >= 15 is 24.0 Å². The third-order valence-electron chi connectivity index (χ3n) is 16.9. The summed E-state index contributed by atoms with van der Waals surface area (Å²) in [4.78, 5) is 171. The van der Waals surface area contributed by atoms with E-state index in [1.54, 1.807) is 60.6 Å². The first-order valence-electron chi connectivity index (χ1n) is 32.3. The number of likely N-dealkylation sites (N-methyl/N-ethyl adjacent to an activating group) is 7. The minimum absolute atomic E-state index is 0.0386. The van der Waals surface area contributed by atoms with Crippen LogP contribution in [0.1, 0.15) is 156 Å². The molecule has 0 aliphatic carbocycles. The zero-order valence-electron chi connectivity index (χ0n) is 59.4. The number of nitrogens with one attached hydrogen (secondary N) is 4. The molecule has 8 N–H and O–H groups in total. The highest BCUT2D eigenvalue weighted by Gasteiger charge is 2.47.